The maximum atomic E-state index is 11.9. The average molecular weight is 300 g/mol. The molecule has 0 aliphatic rings. The van der Waals surface area contributed by atoms with Gasteiger partial charge >= 0.3 is 0 Å². The van der Waals surface area contributed by atoms with Crippen LogP contribution in [0.1, 0.15) is 38.5 Å². The summed E-state index contributed by atoms with van der Waals surface area (Å²) in [6, 6.07) is 6.17. The summed E-state index contributed by atoms with van der Waals surface area (Å²) in [4.78, 5) is 0.245. The Balaban J connectivity index is 2.22. The van der Waals surface area contributed by atoms with E-state index < -0.39 is 10.0 Å². The van der Waals surface area contributed by atoms with Gasteiger partial charge in [0.2, 0.25) is 10.0 Å². The van der Waals surface area contributed by atoms with Gasteiger partial charge in [0, 0.05) is 18.8 Å². The van der Waals surface area contributed by atoms with E-state index in [1.807, 2.05) is 0 Å². The molecule has 0 amide bonds. The van der Waals surface area contributed by atoms with E-state index in [1.165, 1.54) is 12.1 Å². The Hall–Kier alpha value is -1.11. The smallest absolute Gasteiger partial charge is 0.240 e. The fourth-order valence-corrected chi connectivity index (χ4v) is 2.95. The second kappa shape index (κ2) is 8.94. The van der Waals surface area contributed by atoms with Gasteiger partial charge in [-0.2, -0.15) is 0 Å². The van der Waals surface area contributed by atoms with Crippen molar-refractivity contribution in [3.8, 4) is 0 Å². The molecule has 0 saturated carbocycles. The molecule has 0 aliphatic heterocycles. The summed E-state index contributed by atoms with van der Waals surface area (Å²) in [5.41, 5.74) is 6.08. The van der Waals surface area contributed by atoms with Crippen LogP contribution in [-0.2, 0) is 10.0 Å². The van der Waals surface area contributed by atoms with Crippen molar-refractivity contribution < 1.29 is 13.5 Å². The van der Waals surface area contributed by atoms with E-state index in [0.29, 0.717) is 12.2 Å². The van der Waals surface area contributed by atoms with E-state index in [1.54, 1.807) is 12.1 Å². The van der Waals surface area contributed by atoms with Crippen LogP contribution < -0.4 is 10.5 Å². The lowest BCUT2D eigenvalue weighted by Crippen LogP contribution is -2.24. The Morgan fingerprint density at radius 3 is 2.10 bits per heavy atom. The predicted molar refractivity (Wildman–Crippen MR) is 80.8 cm³/mol. The maximum Gasteiger partial charge on any atom is 0.240 e. The molecule has 5 nitrogen and oxygen atoms in total. The molecule has 0 heterocycles. The molecule has 1 rings (SSSR count). The van der Waals surface area contributed by atoms with Crippen molar-refractivity contribution >= 4 is 15.7 Å². The minimum Gasteiger partial charge on any atom is -0.399 e. The first-order valence-corrected chi connectivity index (χ1v) is 8.50. The minimum atomic E-state index is -3.42. The van der Waals surface area contributed by atoms with Gasteiger partial charge in [0.1, 0.15) is 0 Å². The molecule has 0 aliphatic carbocycles. The number of anilines is 1. The van der Waals surface area contributed by atoms with Crippen LogP contribution in [0, 0.1) is 0 Å². The lowest BCUT2D eigenvalue weighted by Gasteiger charge is -2.07. The highest BCUT2D eigenvalue weighted by Gasteiger charge is 2.12. The quantitative estimate of drug-likeness (QED) is 0.454. The number of hydrogen-bond acceptors (Lipinski definition) is 4. The second-order valence-electron chi connectivity index (χ2n) is 4.81. The SMILES string of the molecule is Nc1ccc(S(=O)(=O)NCCCCCCCCO)cc1. The largest absolute Gasteiger partial charge is 0.399 e. The number of benzene rings is 1. The van der Waals surface area contributed by atoms with E-state index in [2.05, 4.69) is 4.72 Å². The highest BCUT2D eigenvalue weighted by molar-refractivity contribution is 7.89. The summed E-state index contributed by atoms with van der Waals surface area (Å²) in [5, 5.41) is 8.64. The van der Waals surface area contributed by atoms with Gasteiger partial charge in [0.15, 0.2) is 0 Å². The van der Waals surface area contributed by atoms with Gasteiger partial charge in [-0.3, -0.25) is 0 Å². The molecule has 1 aromatic rings. The number of unbranched alkanes of at least 4 members (excludes halogenated alkanes) is 5. The maximum absolute atomic E-state index is 11.9. The lowest BCUT2D eigenvalue weighted by molar-refractivity contribution is 0.282. The average Bonchev–Trinajstić information content (AvgIpc) is 2.42. The fourth-order valence-electron chi connectivity index (χ4n) is 1.88. The number of hydrogen-bond donors (Lipinski definition) is 3. The third kappa shape index (κ3) is 6.36. The summed E-state index contributed by atoms with van der Waals surface area (Å²) in [6.07, 6.45) is 5.87. The number of aliphatic hydroxyl groups excluding tert-OH is 1. The van der Waals surface area contributed by atoms with Crippen molar-refractivity contribution in [2.45, 2.75) is 43.4 Å². The summed E-state index contributed by atoms with van der Waals surface area (Å²) in [6.45, 7) is 0.702. The normalized spacial score (nSPS) is 11.7. The third-order valence-corrected chi connectivity index (χ3v) is 4.54. The topological polar surface area (TPSA) is 92.4 Å². The number of sulfonamides is 1. The first-order valence-electron chi connectivity index (χ1n) is 7.02. The van der Waals surface area contributed by atoms with E-state index in [9.17, 15) is 8.42 Å². The minimum absolute atomic E-state index is 0.245. The lowest BCUT2D eigenvalue weighted by atomic mass is 10.1. The standard InChI is InChI=1S/C14H24N2O3S/c15-13-7-9-14(10-8-13)20(18,19)16-11-5-3-1-2-4-6-12-17/h7-10,16-17H,1-6,11-12,15H2. The molecule has 0 aromatic heterocycles. The molecule has 114 valence electrons. The molecular formula is C14H24N2O3S. The van der Waals surface area contributed by atoms with Gasteiger partial charge in [-0.05, 0) is 37.1 Å². The number of nitrogens with one attached hydrogen (secondary N) is 1. The Morgan fingerprint density at radius 1 is 0.950 bits per heavy atom. The van der Waals surface area contributed by atoms with Gasteiger partial charge in [-0.15, -0.1) is 0 Å². The number of rotatable bonds is 10. The first-order chi connectivity index (χ1) is 9.56. The van der Waals surface area contributed by atoms with Gasteiger partial charge in [0.25, 0.3) is 0 Å². The molecule has 0 atom stereocenters. The van der Waals surface area contributed by atoms with Crippen molar-refractivity contribution in [3.05, 3.63) is 24.3 Å². The molecule has 0 spiro atoms. The zero-order valence-corrected chi connectivity index (χ0v) is 12.5. The Bertz CT molecular complexity index is 472. The van der Waals surface area contributed by atoms with Crippen LogP contribution in [0.25, 0.3) is 0 Å². The number of nitrogen functional groups attached to an aromatic ring is 1. The summed E-state index contributed by atoms with van der Waals surface area (Å²) >= 11 is 0. The first kappa shape index (κ1) is 16.9. The Kier molecular flexibility index (Phi) is 7.58. The highest BCUT2D eigenvalue weighted by Crippen LogP contribution is 2.11. The summed E-state index contributed by atoms with van der Waals surface area (Å²) < 4.78 is 26.5. The highest BCUT2D eigenvalue weighted by atomic mass is 32.2. The second-order valence-corrected chi connectivity index (χ2v) is 6.58. The molecule has 0 saturated heterocycles. The summed E-state index contributed by atoms with van der Waals surface area (Å²) in [7, 11) is -3.42. The van der Waals surface area contributed by atoms with Gasteiger partial charge < -0.3 is 10.8 Å². The third-order valence-electron chi connectivity index (χ3n) is 3.07. The number of aliphatic hydroxyl groups is 1. The van der Waals surface area contributed by atoms with E-state index in [0.717, 1.165) is 38.5 Å². The molecule has 0 bridgehead atoms. The molecular weight excluding hydrogens is 276 g/mol. The van der Waals surface area contributed by atoms with E-state index in [-0.39, 0.29) is 11.5 Å². The van der Waals surface area contributed by atoms with Crippen molar-refractivity contribution in [2.75, 3.05) is 18.9 Å². The van der Waals surface area contributed by atoms with Gasteiger partial charge in [-0.25, -0.2) is 13.1 Å². The molecule has 0 fully saturated rings. The number of nitrogens with two attached hydrogens (primary N) is 1. The van der Waals surface area contributed by atoms with Crippen LogP contribution in [-0.4, -0.2) is 26.7 Å². The molecule has 1 aromatic carbocycles. The van der Waals surface area contributed by atoms with Crippen LogP contribution in [0.2, 0.25) is 0 Å². The fraction of sp³-hybridized carbons (Fsp3) is 0.571. The van der Waals surface area contributed by atoms with Crippen LogP contribution in [0.3, 0.4) is 0 Å². The molecule has 20 heavy (non-hydrogen) atoms. The molecule has 0 radical (unpaired) electrons. The molecule has 4 N–H and O–H groups in total. The van der Waals surface area contributed by atoms with Crippen LogP contribution in [0.15, 0.2) is 29.2 Å². The van der Waals surface area contributed by atoms with Crippen molar-refractivity contribution in [1.82, 2.24) is 4.72 Å². The van der Waals surface area contributed by atoms with Gasteiger partial charge in [-0.1, -0.05) is 25.7 Å². The van der Waals surface area contributed by atoms with Crippen molar-refractivity contribution in [1.29, 1.82) is 0 Å². The zero-order chi connectivity index (χ0) is 14.8. The van der Waals surface area contributed by atoms with Gasteiger partial charge in [0.05, 0.1) is 4.90 Å². The summed E-state index contributed by atoms with van der Waals surface area (Å²) in [5.74, 6) is 0. The van der Waals surface area contributed by atoms with Crippen molar-refractivity contribution in [2.24, 2.45) is 0 Å². The Morgan fingerprint density at radius 2 is 1.50 bits per heavy atom. The predicted octanol–water partition coefficient (Wildman–Crippen LogP) is 1.88. The van der Waals surface area contributed by atoms with Crippen LogP contribution >= 0.6 is 0 Å². The van der Waals surface area contributed by atoms with E-state index in [4.69, 9.17) is 10.8 Å². The molecule has 6 heteroatoms. The Labute approximate surface area is 121 Å². The van der Waals surface area contributed by atoms with Crippen LogP contribution in [0.4, 0.5) is 5.69 Å². The van der Waals surface area contributed by atoms with Crippen molar-refractivity contribution in [3.63, 3.8) is 0 Å². The van der Waals surface area contributed by atoms with Crippen LogP contribution in [0.5, 0.6) is 0 Å². The van der Waals surface area contributed by atoms with E-state index >= 15 is 0 Å². The zero-order valence-electron chi connectivity index (χ0n) is 11.7. The monoisotopic (exact) mass is 300 g/mol. The molecule has 0 unspecified atom stereocenters.